The summed E-state index contributed by atoms with van der Waals surface area (Å²) in [5.74, 6) is 0.820. The summed E-state index contributed by atoms with van der Waals surface area (Å²) in [6.07, 6.45) is 2.05. The summed E-state index contributed by atoms with van der Waals surface area (Å²) in [6.45, 7) is 0.657. The van der Waals surface area contributed by atoms with E-state index >= 15 is 0 Å². The van der Waals surface area contributed by atoms with E-state index in [2.05, 4.69) is 11.4 Å². The molecule has 1 aliphatic rings. The molecule has 1 aromatic carbocycles. The van der Waals surface area contributed by atoms with Gasteiger partial charge in [0.2, 0.25) is 0 Å². The quantitative estimate of drug-likeness (QED) is 0.859. The molecule has 0 fully saturated rings. The molecule has 1 aromatic heterocycles. The van der Waals surface area contributed by atoms with Crippen LogP contribution < -0.4 is 4.74 Å². The predicted molar refractivity (Wildman–Crippen MR) is 74.5 cm³/mol. The molecule has 0 saturated carbocycles. The maximum atomic E-state index is 9.32. The summed E-state index contributed by atoms with van der Waals surface area (Å²) in [5, 5.41) is 12.0. The van der Waals surface area contributed by atoms with Crippen molar-refractivity contribution in [1.29, 1.82) is 0 Å². The maximum absolute atomic E-state index is 9.32. The lowest BCUT2D eigenvalue weighted by molar-refractivity contribution is 0.281. The highest BCUT2D eigenvalue weighted by Crippen LogP contribution is 2.41. The Morgan fingerprint density at radius 3 is 3.11 bits per heavy atom. The van der Waals surface area contributed by atoms with E-state index in [1.165, 1.54) is 10.4 Å². The number of aliphatic hydroxyl groups is 1. The Hall–Kier alpha value is -1.03. The number of rotatable bonds is 1. The van der Waals surface area contributed by atoms with Crippen molar-refractivity contribution < 1.29 is 9.84 Å². The first-order valence-corrected chi connectivity index (χ1v) is 7.18. The van der Waals surface area contributed by atoms with Crippen LogP contribution in [0.15, 0.2) is 23.6 Å². The first-order chi connectivity index (χ1) is 8.79. The zero-order chi connectivity index (χ0) is 12.5. The number of hydrogen-bond acceptors (Lipinski definition) is 3. The van der Waals surface area contributed by atoms with Crippen LogP contribution in [0.5, 0.6) is 5.75 Å². The number of ether oxygens (including phenoxy) is 1. The molecular weight excluding hydrogens is 268 g/mol. The zero-order valence-electron chi connectivity index (χ0n) is 9.78. The van der Waals surface area contributed by atoms with E-state index in [0.29, 0.717) is 11.6 Å². The van der Waals surface area contributed by atoms with Gasteiger partial charge in [0.1, 0.15) is 5.75 Å². The highest BCUT2D eigenvalue weighted by Gasteiger charge is 2.17. The fraction of sp³-hybridized carbons (Fsp3) is 0.286. The zero-order valence-corrected chi connectivity index (χ0v) is 11.4. The summed E-state index contributed by atoms with van der Waals surface area (Å²) in [7, 11) is 0. The Labute approximate surface area is 115 Å². The summed E-state index contributed by atoms with van der Waals surface area (Å²) >= 11 is 7.83. The van der Waals surface area contributed by atoms with Crippen LogP contribution in [0.2, 0.25) is 5.02 Å². The second-order valence-corrected chi connectivity index (χ2v) is 5.65. The van der Waals surface area contributed by atoms with Crippen LogP contribution in [0, 0.1) is 0 Å². The molecule has 1 aliphatic heterocycles. The van der Waals surface area contributed by atoms with Gasteiger partial charge in [0.15, 0.2) is 0 Å². The van der Waals surface area contributed by atoms with Gasteiger partial charge in [-0.25, -0.2) is 0 Å². The van der Waals surface area contributed by atoms with Crippen molar-refractivity contribution in [3.63, 3.8) is 0 Å². The number of benzene rings is 1. The average Bonchev–Trinajstić information content (AvgIpc) is 2.80. The van der Waals surface area contributed by atoms with Gasteiger partial charge in [-0.05, 0) is 47.5 Å². The summed E-state index contributed by atoms with van der Waals surface area (Å²) in [5.41, 5.74) is 3.16. The van der Waals surface area contributed by atoms with Gasteiger partial charge < -0.3 is 9.84 Å². The second-order valence-electron chi connectivity index (χ2n) is 4.32. The van der Waals surface area contributed by atoms with Crippen molar-refractivity contribution in [1.82, 2.24) is 0 Å². The summed E-state index contributed by atoms with van der Waals surface area (Å²) in [4.78, 5) is 1.23. The lowest BCUT2D eigenvalue weighted by atomic mass is 10.0. The van der Waals surface area contributed by atoms with Gasteiger partial charge in [-0.2, -0.15) is 0 Å². The van der Waals surface area contributed by atoms with Crippen LogP contribution in [0.25, 0.3) is 10.4 Å². The van der Waals surface area contributed by atoms with E-state index in [1.807, 2.05) is 12.1 Å². The molecule has 0 aliphatic carbocycles. The molecule has 0 atom stereocenters. The van der Waals surface area contributed by atoms with Crippen LogP contribution in [0.4, 0.5) is 0 Å². The van der Waals surface area contributed by atoms with E-state index < -0.39 is 0 Å². The van der Waals surface area contributed by atoms with Gasteiger partial charge >= 0.3 is 0 Å². The predicted octanol–water partition coefficient (Wildman–Crippen LogP) is 3.89. The van der Waals surface area contributed by atoms with Crippen molar-refractivity contribution in [3.05, 3.63) is 39.7 Å². The lowest BCUT2D eigenvalue weighted by Crippen LogP contribution is -2.04. The molecule has 0 unspecified atom stereocenters. The van der Waals surface area contributed by atoms with Gasteiger partial charge in [-0.1, -0.05) is 11.6 Å². The largest absolute Gasteiger partial charge is 0.493 e. The van der Waals surface area contributed by atoms with E-state index in [-0.39, 0.29) is 6.61 Å². The number of hydrogen-bond donors (Lipinski definition) is 1. The maximum Gasteiger partial charge on any atom is 0.129 e. The van der Waals surface area contributed by atoms with Crippen LogP contribution in [-0.2, 0) is 13.0 Å². The van der Waals surface area contributed by atoms with Crippen molar-refractivity contribution >= 4 is 22.9 Å². The molecule has 3 rings (SSSR count). The molecule has 0 spiro atoms. The highest BCUT2D eigenvalue weighted by molar-refractivity contribution is 7.13. The highest BCUT2D eigenvalue weighted by atomic mass is 35.5. The molecule has 0 bridgehead atoms. The van der Waals surface area contributed by atoms with Crippen molar-refractivity contribution in [2.75, 3.05) is 6.61 Å². The number of thiophene rings is 1. The fourth-order valence-electron chi connectivity index (χ4n) is 2.23. The Balaban J connectivity index is 2.21. The van der Waals surface area contributed by atoms with E-state index in [0.717, 1.165) is 29.7 Å². The Kier molecular flexibility index (Phi) is 3.29. The molecule has 2 heterocycles. The van der Waals surface area contributed by atoms with E-state index in [4.69, 9.17) is 16.3 Å². The van der Waals surface area contributed by atoms with Crippen molar-refractivity contribution in [2.45, 2.75) is 19.4 Å². The minimum absolute atomic E-state index is 0.0488. The molecule has 0 saturated heterocycles. The fourth-order valence-corrected chi connectivity index (χ4v) is 3.42. The van der Waals surface area contributed by atoms with Crippen LogP contribution in [0.1, 0.15) is 17.5 Å². The molecule has 1 N–H and O–H groups in total. The molecular formula is C14H13ClO2S. The molecule has 0 radical (unpaired) electrons. The molecule has 2 aromatic rings. The standard InChI is InChI=1S/C14H13ClO2S/c15-12-7-13-11(6-10(12)8-16)14-9(3-5-18-14)2-1-4-17-13/h3,5-7,16H,1-2,4,8H2. The monoisotopic (exact) mass is 280 g/mol. The second kappa shape index (κ2) is 4.92. The SMILES string of the molecule is OCc1cc2c(cc1Cl)OCCCc1ccsc1-2. The van der Waals surface area contributed by atoms with E-state index in [1.54, 1.807) is 11.3 Å². The first kappa shape index (κ1) is 12.0. The van der Waals surface area contributed by atoms with Gasteiger partial charge in [0.05, 0.1) is 13.2 Å². The third-order valence-corrected chi connectivity index (χ3v) is 4.50. The minimum atomic E-state index is -0.0488. The molecule has 4 heteroatoms. The summed E-state index contributed by atoms with van der Waals surface area (Å²) in [6, 6.07) is 5.93. The van der Waals surface area contributed by atoms with Crippen LogP contribution >= 0.6 is 22.9 Å². The van der Waals surface area contributed by atoms with Gasteiger partial charge in [-0.15, -0.1) is 11.3 Å². The first-order valence-electron chi connectivity index (χ1n) is 5.92. The number of aryl methyl sites for hydroxylation is 1. The van der Waals surface area contributed by atoms with E-state index in [9.17, 15) is 5.11 Å². The number of aliphatic hydroxyl groups excluding tert-OH is 1. The Bertz CT molecular complexity index is 577. The van der Waals surface area contributed by atoms with Crippen molar-refractivity contribution in [3.8, 4) is 16.2 Å². The van der Waals surface area contributed by atoms with Crippen molar-refractivity contribution in [2.24, 2.45) is 0 Å². The number of halogens is 1. The topological polar surface area (TPSA) is 29.5 Å². The Morgan fingerprint density at radius 1 is 1.39 bits per heavy atom. The third-order valence-electron chi connectivity index (χ3n) is 3.16. The number of fused-ring (bicyclic) bond motifs is 3. The van der Waals surface area contributed by atoms with Gasteiger partial charge in [0.25, 0.3) is 0 Å². The minimum Gasteiger partial charge on any atom is -0.493 e. The third kappa shape index (κ3) is 2.03. The Morgan fingerprint density at radius 2 is 2.28 bits per heavy atom. The lowest BCUT2D eigenvalue weighted by Gasteiger charge is -2.17. The smallest absolute Gasteiger partial charge is 0.129 e. The van der Waals surface area contributed by atoms with Crippen LogP contribution in [-0.4, -0.2) is 11.7 Å². The van der Waals surface area contributed by atoms with Gasteiger partial charge in [0, 0.05) is 15.5 Å². The average molecular weight is 281 g/mol. The molecule has 2 nitrogen and oxygen atoms in total. The molecule has 0 amide bonds. The normalized spacial score (nSPS) is 14.1. The molecule has 94 valence electrons. The summed E-state index contributed by atoms with van der Waals surface area (Å²) < 4.78 is 5.78. The van der Waals surface area contributed by atoms with Crippen LogP contribution in [0.3, 0.4) is 0 Å². The molecule has 18 heavy (non-hydrogen) atoms. The van der Waals surface area contributed by atoms with Gasteiger partial charge in [-0.3, -0.25) is 0 Å².